The number of fused-ring (bicyclic) bond motifs is 1. The highest BCUT2D eigenvalue weighted by Gasteiger charge is 2.17. The lowest BCUT2D eigenvalue weighted by molar-refractivity contribution is -0.111. The molecule has 0 spiro atoms. The number of nitrogens with one attached hydrogen (secondary N) is 2. The largest absolute Gasteiger partial charge is 0.403 e. The fraction of sp³-hybridized carbons (Fsp3) is 0.308. The number of hydrogen-bond donors (Lipinski definition) is 3. The van der Waals surface area contributed by atoms with E-state index in [1.807, 2.05) is 35.9 Å². The van der Waals surface area contributed by atoms with Crippen molar-refractivity contribution in [3.63, 3.8) is 0 Å². The average Bonchev–Trinajstić information content (AvgIpc) is 3.23. The van der Waals surface area contributed by atoms with Crippen LogP contribution in [-0.4, -0.2) is 57.2 Å². The van der Waals surface area contributed by atoms with Gasteiger partial charge < -0.3 is 21.3 Å². The molecule has 1 fully saturated rings. The van der Waals surface area contributed by atoms with Crippen molar-refractivity contribution < 1.29 is 4.79 Å². The summed E-state index contributed by atoms with van der Waals surface area (Å²) in [4.78, 5) is 27.8. The summed E-state index contributed by atoms with van der Waals surface area (Å²) in [7, 11) is 0. The molecule has 188 valence electrons. The van der Waals surface area contributed by atoms with Crippen LogP contribution in [0.15, 0.2) is 60.1 Å². The van der Waals surface area contributed by atoms with Gasteiger partial charge in [-0.1, -0.05) is 25.1 Å². The molecule has 0 radical (unpaired) electrons. The minimum Gasteiger partial charge on any atom is -0.403 e. The molecule has 1 aromatic carbocycles. The van der Waals surface area contributed by atoms with Gasteiger partial charge in [0.1, 0.15) is 5.02 Å². The number of likely N-dealkylation sites (tertiary alicyclic amines) is 1. The van der Waals surface area contributed by atoms with Gasteiger partial charge >= 0.3 is 0 Å². The zero-order chi connectivity index (χ0) is 25.7. The van der Waals surface area contributed by atoms with Gasteiger partial charge in [0, 0.05) is 42.8 Å². The lowest BCUT2D eigenvalue weighted by Gasteiger charge is -2.28. The molecular formula is C26H31ClN8O. The van der Waals surface area contributed by atoms with Crippen molar-refractivity contribution in [1.82, 2.24) is 19.4 Å². The molecule has 0 atom stereocenters. The van der Waals surface area contributed by atoms with E-state index in [9.17, 15) is 4.79 Å². The Morgan fingerprint density at radius 3 is 2.81 bits per heavy atom. The van der Waals surface area contributed by atoms with Crippen LogP contribution in [0.2, 0.25) is 5.02 Å². The summed E-state index contributed by atoms with van der Waals surface area (Å²) in [5.74, 6) is 0.614. The Morgan fingerprint density at radius 1 is 1.33 bits per heavy atom. The molecule has 0 bridgehead atoms. The minimum atomic E-state index is -0.264. The topological polar surface area (TPSA) is 113 Å². The molecule has 3 heterocycles. The smallest absolute Gasteiger partial charge is 0.247 e. The van der Waals surface area contributed by atoms with Crippen LogP contribution >= 0.6 is 11.6 Å². The summed E-state index contributed by atoms with van der Waals surface area (Å²) < 4.78 is 1.90. The molecule has 1 aliphatic heterocycles. The van der Waals surface area contributed by atoms with Crippen LogP contribution in [-0.2, 0) is 4.79 Å². The highest BCUT2D eigenvalue weighted by Crippen LogP contribution is 2.29. The minimum absolute atomic E-state index is 0.264. The van der Waals surface area contributed by atoms with Crippen molar-refractivity contribution >= 4 is 46.3 Å². The Balaban J connectivity index is 1.55. The Labute approximate surface area is 215 Å². The monoisotopic (exact) mass is 506 g/mol. The molecule has 3 aromatic rings. The molecule has 4 N–H and O–H groups in total. The average molecular weight is 507 g/mol. The molecule has 4 rings (SSSR count). The Bertz CT molecular complexity index is 1320. The van der Waals surface area contributed by atoms with Crippen LogP contribution < -0.4 is 16.4 Å². The molecule has 0 saturated carbocycles. The molecular weight excluding hydrogens is 476 g/mol. The van der Waals surface area contributed by atoms with Crippen LogP contribution in [0, 0.1) is 6.92 Å². The summed E-state index contributed by atoms with van der Waals surface area (Å²) >= 11 is 6.50. The second-order valence-corrected chi connectivity index (χ2v) is 9.07. The zero-order valence-electron chi connectivity index (χ0n) is 20.5. The summed E-state index contributed by atoms with van der Waals surface area (Å²) in [5.41, 5.74) is 9.04. The molecule has 0 aliphatic carbocycles. The number of rotatable bonds is 8. The van der Waals surface area contributed by atoms with Crippen LogP contribution in [0.4, 0.5) is 11.6 Å². The lowest BCUT2D eigenvalue weighted by Crippen LogP contribution is -2.35. The number of allylic oxidation sites excluding steroid dienone is 1. The predicted molar refractivity (Wildman–Crippen MR) is 147 cm³/mol. The second-order valence-electron chi connectivity index (χ2n) is 8.66. The van der Waals surface area contributed by atoms with Gasteiger partial charge in [0.2, 0.25) is 11.9 Å². The highest BCUT2D eigenvalue weighted by molar-refractivity contribution is 6.32. The number of carbonyl (C=O) groups is 1. The van der Waals surface area contributed by atoms with Crippen LogP contribution in [0.25, 0.3) is 16.7 Å². The molecule has 10 heteroatoms. The van der Waals surface area contributed by atoms with Crippen molar-refractivity contribution in [2.45, 2.75) is 32.7 Å². The van der Waals surface area contributed by atoms with E-state index in [-0.39, 0.29) is 11.9 Å². The number of aliphatic imine (C=N–C) groups is 1. The van der Waals surface area contributed by atoms with Crippen molar-refractivity contribution in [2.24, 2.45) is 10.7 Å². The summed E-state index contributed by atoms with van der Waals surface area (Å²) in [5, 5.41) is 7.29. The van der Waals surface area contributed by atoms with Crippen molar-refractivity contribution in [2.75, 3.05) is 30.3 Å². The second kappa shape index (κ2) is 11.4. The van der Waals surface area contributed by atoms with E-state index in [4.69, 9.17) is 22.3 Å². The van der Waals surface area contributed by atoms with Gasteiger partial charge in [0.15, 0.2) is 5.82 Å². The third kappa shape index (κ3) is 5.75. The van der Waals surface area contributed by atoms with E-state index in [1.165, 1.54) is 12.3 Å². The normalized spacial score (nSPS) is 15.5. The van der Waals surface area contributed by atoms with Crippen molar-refractivity contribution in [1.29, 1.82) is 0 Å². The van der Waals surface area contributed by atoms with Gasteiger partial charge in [-0.2, -0.15) is 4.98 Å². The van der Waals surface area contributed by atoms with Crippen LogP contribution in [0.5, 0.6) is 0 Å². The Kier molecular flexibility index (Phi) is 8.02. The van der Waals surface area contributed by atoms with Gasteiger partial charge in [-0.15, -0.1) is 0 Å². The fourth-order valence-corrected chi connectivity index (χ4v) is 4.43. The van der Waals surface area contributed by atoms with Crippen LogP contribution in [0.3, 0.4) is 0 Å². The number of carbonyl (C=O) groups excluding carboxylic acids is 1. The first-order valence-corrected chi connectivity index (χ1v) is 12.3. The van der Waals surface area contributed by atoms with Crippen molar-refractivity contribution in [3.05, 3.63) is 65.7 Å². The maximum Gasteiger partial charge on any atom is 0.247 e. The van der Waals surface area contributed by atoms with E-state index in [2.05, 4.69) is 39.0 Å². The number of nitrogens with zero attached hydrogens (tertiary/aromatic N) is 5. The fourth-order valence-electron chi connectivity index (χ4n) is 4.24. The molecule has 0 unspecified atom stereocenters. The molecule has 1 amide bonds. The van der Waals surface area contributed by atoms with Gasteiger partial charge in [-0.25, -0.2) is 4.98 Å². The van der Waals surface area contributed by atoms with Crippen molar-refractivity contribution in [3.8, 4) is 5.82 Å². The predicted octanol–water partition coefficient (Wildman–Crippen LogP) is 4.27. The van der Waals surface area contributed by atoms with E-state index >= 15 is 0 Å². The maximum absolute atomic E-state index is 11.7. The van der Waals surface area contributed by atoms with Gasteiger partial charge in [0.05, 0.1) is 23.5 Å². The van der Waals surface area contributed by atoms with Crippen LogP contribution in [0.1, 0.15) is 25.3 Å². The quantitative estimate of drug-likeness (QED) is 0.310. The standard InChI is InChI=1S/C26H31ClN8O/c1-4-24(36)31-19-6-7-23-21(12-19)17(3)16-35(23)25-22(27)15-30-26(33-25)32-20(13-28)14-29-18-8-10-34(5-2)11-9-18/h4,6-7,12-16,18H,1,5,8-11,28H2,2-3H3,(H,31,36)(H,30,32,33)/b20-13+,29-14?. The van der Waals surface area contributed by atoms with E-state index in [0.717, 1.165) is 48.9 Å². The zero-order valence-corrected chi connectivity index (χ0v) is 21.3. The molecule has 1 aliphatic rings. The first kappa shape index (κ1) is 25.4. The van der Waals surface area contributed by atoms with E-state index in [1.54, 1.807) is 12.4 Å². The molecule has 36 heavy (non-hydrogen) atoms. The third-order valence-electron chi connectivity index (χ3n) is 6.27. The van der Waals surface area contributed by atoms with E-state index < -0.39 is 0 Å². The number of benzene rings is 1. The summed E-state index contributed by atoms with van der Waals surface area (Å²) in [6, 6.07) is 5.92. The number of aryl methyl sites for hydroxylation is 1. The number of piperidine rings is 1. The number of anilines is 2. The first-order valence-electron chi connectivity index (χ1n) is 11.9. The molecule has 9 nitrogen and oxygen atoms in total. The first-order chi connectivity index (χ1) is 17.4. The number of hydrogen-bond acceptors (Lipinski definition) is 7. The van der Waals surface area contributed by atoms with E-state index in [0.29, 0.717) is 28.2 Å². The highest BCUT2D eigenvalue weighted by atomic mass is 35.5. The number of halogens is 1. The number of nitrogens with two attached hydrogens (primary N) is 1. The summed E-state index contributed by atoms with van der Waals surface area (Å²) in [6.07, 6.45) is 10.0. The SMILES string of the molecule is C=CC(=O)Nc1ccc2c(c1)c(C)cn2-c1nc(N/C(C=NC2CCN(CC)CC2)=C/N)ncc1Cl. The van der Waals surface area contributed by atoms with Gasteiger partial charge in [-0.3, -0.25) is 14.4 Å². The Hall–Kier alpha value is -3.69. The van der Waals surface area contributed by atoms with Gasteiger partial charge in [0.25, 0.3) is 0 Å². The lowest BCUT2D eigenvalue weighted by atomic mass is 10.1. The summed E-state index contributed by atoms with van der Waals surface area (Å²) in [6.45, 7) is 10.9. The number of aromatic nitrogens is 3. The number of amides is 1. The maximum atomic E-state index is 11.7. The third-order valence-corrected chi connectivity index (χ3v) is 6.54. The molecule has 1 saturated heterocycles. The van der Waals surface area contributed by atoms with Gasteiger partial charge in [-0.05, 0) is 56.1 Å². The molecule has 2 aromatic heterocycles. The Morgan fingerprint density at radius 2 is 2.11 bits per heavy atom.